The third-order valence-electron chi connectivity index (χ3n) is 2.16. The van der Waals surface area contributed by atoms with Gasteiger partial charge in [-0.25, -0.2) is 9.97 Å². The number of nitrogens with zero attached hydrogens (tertiary/aromatic N) is 4. The number of hydrogen-bond acceptors (Lipinski definition) is 2. The van der Waals surface area contributed by atoms with Gasteiger partial charge in [0.05, 0.1) is 6.42 Å². The van der Waals surface area contributed by atoms with Crippen LogP contribution in [0.15, 0.2) is 24.8 Å². The zero-order chi connectivity index (χ0) is 9.26. The van der Waals surface area contributed by atoms with Gasteiger partial charge in [-0.3, -0.25) is 0 Å². The molecule has 4 nitrogen and oxygen atoms in total. The molecule has 2 heterocycles. The van der Waals surface area contributed by atoms with E-state index in [0.717, 1.165) is 18.1 Å². The molecule has 0 aliphatic heterocycles. The molecule has 0 spiro atoms. The van der Waals surface area contributed by atoms with Gasteiger partial charge in [0.2, 0.25) is 0 Å². The average molecular weight is 176 g/mol. The van der Waals surface area contributed by atoms with Gasteiger partial charge in [0, 0.05) is 38.9 Å². The topological polar surface area (TPSA) is 35.6 Å². The van der Waals surface area contributed by atoms with Crippen molar-refractivity contribution < 1.29 is 0 Å². The molecule has 0 saturated heterocycles. The Balaban J connectivity index is 2.24. The Morgan fingerprint density at radius 2 is 1.46 bits per heavy atom. The second-order valence-electron chi connectivity index (χ2n) is 3.09. The summed E-state index contributed by atoms with van der Waals surface area (Å²) in [5.74, 6) is 2.07. The summed E-state index contributed by atoms with van der Waals surface area (Å²) in [4.78, 5) is 8.48. The third-order valence-corrected chi connectivity index (χ3v) is 2.16. The summed E-state index contributed by atoms with van der Waals surface area (Å²) in [6, 6.07) is 0. The lowest BCUT2D eigenvalue weighted by atomic mass is 10.4. The van der Waals surface area contributed by atoms with Crippen LogP contribution in [0.25, 0.3) is 0 Å². The van der Waals surface area contributed by atoms with Crippen LogP contribution in [0.5, 0.6) is 0 Å². The first-order valence-corrected chi connectivity index (χ1v) is 4.20. The number of imidazole rings is 2. The van der Waals surface area contributed by atoms with Crippen molar-refractivity contribution in [3.63, 3.8) is 0 Å². The predicted molar refractivity (Wildman–Crippen MR) is 49.2 cm³/mol. The molecule has 0 radical (unpaired) electrons. The first-order valence-electron chi connectivity index (χ1n) is 4.20. The van der Waals surface area contributed by atoms with Crippen molar-refractivity contribution in [3.05, 3.63) is 36.4 Å². The maximum Gasteiger partial charge on any atom is 0.115 e. The zero-order valence-electron chi connectivity index (χ0n) is 7.81. The van der Waals surface area contributed by atoms with Gasteiger partial charge in [-0.15, -0.1) is 0 Å². The first kappa shape index (κ1) is 8.04. The Kier molecular flexibility index (Phi) is 1.88. The number of rotatable bonds is 2. The van der Waals surface area contributed by atoms with Crippen molar-refractivity contribution in [1.29, 1.82) is 0 Å². The number of hydrogen-bond donors (Lipinski definition) is 0. The summed E-state index contributed by atoms with van der Waals surface area (Å²) in [6.07, 6.45) is 8.28. The van der Waals surface area contributed by atoms with Gasteiger partial charge in [-0.1, -0.05) is 0 Å². The molecule has 0 bridgehead atoms. The highest BCUT2D eigenvalue weighted by Gasteiger charge is 2.04. The van der Waals surface area contributed by atoms with Crippen LogP contribution in [0, 0.1) is 0 Å². The van der Waals surface area contributed by atoms with Gasteiger partial charge in [0.15, 0.2) is 0 Å². The fourth-order valence-corrected chi connectivity index (χ4v) is 1.28. The highest BCUT2D eigenvalue weighted by atomic mass is 15.1. The standard InChI is InChI=1S/C9H12N4/c1-12-5-3-10-8(12)7-9-11-4-6-13(9)2/h3-6H,7H2,1-2H3. The molecule has 0 atom stereocenters. The van der Waals surface area contributed by atoms with E-state index in [2.05, 4.69) is 9.97 Å². The number of aryl methyl sites for hydroxylation is 2. The maximum atomic E-state index is 4.24. The van der Waals surface area contributed by atoms with Crippen LogP contribution in [-0.4, -0.2) is 19.1 Å². The van der Waals surface area contributed by atoms with E-state index in [1.165, 1.54) is 0 Å². The summed E-state index contributed by atoms with van der Waals surface area (Å²) in [5, 5.41) is 0. The van der Waals surface area contributed by atoms with Gasteiger partial charge in [0.1, 0.15) is 11.6 Å². The molecular weight excluding hydrogens is 164 g/mol. The lowest BCUT2D eigenvalue weighted by Gasteiger charge is -2.01. The largest absolute Gasteiger partial charge is 0.338 e. The zero-order valence-corrected chi connectivity index (χ0v) is 7.81. The molecule has 68 valence electrons. The fourth-order valence-electron chi connectivity index (χ4n) is 1.28. The molecule has 0 aliphatic rings. The van der Waals surface area contributed by atoms with Crippen molar-refractivity contribution >= 4 is 0 Å². The lowest BCUT2D eigenvalue weighted by Crippen LogP contribution is -2.03. The van der Waals surface area contributed by atoms with Crippen molar-refractivity contribution in [3.8, 4) is 0 Å². The molecule has 13 heavy (non-hydrogen) atoms. The maximum absolute atomic E-state index is 4.24. The normalized spacial score (nSPS) is 10.6. The lowest BCUT2D eigenvalue weighted by molar-refractivity contribution is 0.755. The monoisotopic (exact) mass is 176 g/mol. The van der Waals surface area contributed by atoms with Crippen LogP contribution in [0.1, 0.15) is 11.6 Å². The minimum Gasteiger partial charge on any atom is -0.338 e. The van der Waals surface area contributed by atoms with Crippen molar-refractivity contribution in [2.45, 2.75) is 6.42 Å². The van der Waals surface area contributed by atoms with E-state index >= 15 is 0 Å². The molecule has 0 aromatic carbocycles. The van der Waals surface area contributed by atoms with E-state index in [1.54, 1.807) is 12.4 Å². The molecule has 0 aliphatic carbocycles. The summed E-state index contributed by atoms with van der Waals surface area (Å²) in [5.41, 5.74) is 0. The van der Waals surface area contributed by atoms with Gasteiger partial charge in [0.25, 0.3) is 0 Å². The summed E-state index contributed by atoms with van der Waals surface area (Å²) >= 11 is 0. The Hall–Kier alpha value is -1.58. The minimum absolute atomic E-state index is 0.785. The van der Waals surface area contributed by atoms with Gasteiger partial charge in [-0.2, -0.15) is 0 Å². The third kappa shape index (κ3) is 1.47. The Morgan fingerprint density at radius 3 is 1.77 bits per heavy atom. The van der Waals surface area contributed by atoms with Crippen LogP contribution in [0.3, 0.4) is 0 Å². The van der Waals surface area contributed by atoms with Crippen molar-refractivity contribution in [1.82, 2.24) is 19.1 Å². The minimum atomic E-state index is 0.785. The van der Waals surface area contributed by atoms with E-state index < -0.39 is 0 Å². The second kappa shape index (κ2) is 3.05. The van der Waals surface area contributed by atoms with Crippen LogP contribution in [-0.2, 0) is 20.5 Å². The van der Waals surface area contributed by atoms with Gasteiger partial charge < -0.3 is 9.13 Å². The molecule has 0 unspecified atom stereocenters. The van der Waals surface area contributed by atoms with Crippen molar-refractivity contribution in [2.24, 2.45) is 14.1 Å². The molecule has 0 amide bonds. The molecule has 2 rings (SSSR count). The van der Waals surface area contributed by atoms with E-state index in [4.69, 9.17) is 0 Å². The molecule has 2 aromatic heterocycles. The van der Waals surface area contributed by atoms with E-state index in [1.807, 2.05) is 35.6 Å². The summed E-state index contributed by atoms with van der Waals surface area (Å²) in [7, 11) is 3.98. The summed E-state index contributed by atoms with van der Waals surface area (Å²) in [6.45, 7) is 0. The SMILES string of the molecule is Cn1ccnc1Cc1nccn1C. The molecule has 0 fully saturated rings. The highest BCUT2D eigenvalue weighted by Crippen LogP contribution is 2.03. The van der Waals surface area contributed by atoms with Gasteiger partial charge >= 0.3 is 0 Å². The van der Waals surface area contributed by atoms with Gasteiger partial charge in [-0.05, 0) is 0 Å². The molecule has 2 aromatic rings. The molecular formula is C9H12N4. The average Bonchev–Trinajstić information content (AvgIpc) is 2.65. The predicted octanol–water partition coefficient (Wildman–Crippen LogP) is 0.744. The Bertz CT molecular complexity index is 361. The van der Waals surface area contributed by atoms with E-state index in [9.17, 15) is 0 Å². The van der Waals surface area contributed by atoms with Crippen LogP contribution in [0.2, 0.25) is 0 Å². The Labute approximate surface area is 76.9 Å². The highest BCUT2D eigenvalue weighted by molar-refractivity contribution is 5.03. The smallest absolute Gasteiger partial charge is 0.115 e. The fraction of sp³-hybridized carbons (Fsp3) is 0.333. The second-order valence-corrected chi connectivity index (χ2v) is 3.09. The molecule has 0 N–H and O–H groups in total. The van der Waals surface area contributed by atoms with E-state index in [0.29, 0.717) is 0 Å². The van der Waals surface area contributed by atoms with E-state index in [-0.39, 0.29) is 0 Å². The summed E-state index contributed by atoms with van der Waals surface area (Å²) < 4.78 is 4.02. The Morgan fingerprint density at radius 1 is 1.00 bits per heavy atom. The van der Waals surface area contributed by atoms with Crippen molar-refractivity contribution in [2.75, 3.05) is 0 Å². The van der Waals surface area contributed by atoms with Crippen LogP contribution in [0.4, 0.5) is 0 Å². The number of aromatic nitrogens is 4. The van der Waals surface area contributed by atoms with Crippen LogP contribution >= 0.6 is 0 Å². The first-order chi connectivity index (χ1) is 6.27. The quantitative estimate of drug-likeness (QED) is 0.676. The molecule has 4 heteroatoms. The molecule has 0 saturated carbocycles. The van der Waals surface area contributed by atoms with Crippen LogP contribution < -0.4 is 0 Å².